The van der Waals surface area contributed by atoms with E-state index in [4.69, 9.17) is 0 Å². The van der Waals surface area contributed by atoms with Gasteiger partial charge in [0.05, 0.1) is 4.91 Å². The van der Waals surface area contributed by atoms with Gasteiger partial charge >= 0.3 is 0 Å². The van der Waals surface area contributed by atoms with Gasteiger partial charge in [0.25, 0.3) is 11.1 Å². The van der Waals surface area contributed by atoms with Crippen molar-refractivity contribution in [2.45, 2.75) is 0 Å². The fourth-order valence-corrected chi connectivity index (χ4v) is 4.69. The predicted molar refractivity (Wildman–Crippen MR) is 122 cm³/mol. The van der Waals surface area contributed by atoms with E-state index in [0.717, 1.165) is 45.5 Å². The quantitative estimate of drug-likeness (QED) is 0.615. The van der Waals surface area contributed by atoms with Crippen LogP contribution in [0.3, 0.4) is 0 Å². The van der Waals surface area contributed by atoms with E-state index < -0.39 is 11.1 Å². The fraction of sp³-hybridized carbons (Fsp3) is 0.227. The second-order valence-corrected chi connectivity index (χ2v) is 8.84. The average Bonchev–Trinajstić information content (AvgIpc) is 3.03. The predicted octanol–water partition coefficient (Wildman–Crippen LogP) is 3.83. The minimum atomic E-state index is -0.419. The molecule has 2 heterocycles. The zero-order chi connectivity index (χ0) is 21.1. The first kappa shape index (κ1) is 20.7. The van der Waals surface area contributed by atoms with Crippen LogP contribution in [0, 0.1) is 0 Å². The topological polar surface area (TPSA) is 60.9 Å². The summed E-state index contributed by atoms with van der Waals surface area (Å²) < 4.78 is 0.837. The summed E-state index contributed by atoms with van der Waals surface area (Å²) in [5, 5.41) is -0.408. The molecule has 0 atom stereocenters. The summed E-state index contributed by atoms with van der Waals surface area (Å²) in [4.78, 5) is 43.1. The molecular formula is C22H20BrN3O3S. The van der Waals surface area contributed by atoms with Crippen molar-refractivity contribution >= 4 is 56.5 Å². The molecule has 2 aromatic rings. The van der Waals surface area contributed by atoms with Crippen molar-refractivity contribution in [3.63, 3.8) is 0 Å². The molecule has 154 valence electrons. The molecule has 3 amide bonds. The molecule has 8 heteroatoms. The molecule has 2 fully saturated rings. The number of rotatable bonds is 4. The molecule has 2 aliphatic heterocycles. The minimum Gasteiger partial charge on any atom is -0.368 e. The Hall–Kier alpha value is -2.58. The van der Waals surface area contributed by atoms with E-state index in [9.17, 15) is 14.4 Å². The van der Waals surface area contributed by atoms with Crippen LogP contribution >= 0.6 is 27.7 Å². The lowest BCUT2D eigenvalue weighted by Gasteiger charge is -2.36. The second kappa shape index (κ2) is 9.06. The highest BCUT2D eigenvalue weighted by Gasteiger charge is 2.37. The highest BCUT2D eigenvalue weighted by Crippen LogP contribution is 2.33. The summed E-state index contributed by atoms with van der Waals surface area (Å²) in [5.41, 5.74) is 1.94. The molecule has 30 heavy (non-hydrogen) atoms. The van der Waals surface area contributed by atoms with Crippen LogP contribution in [0.15, 0.2) is 64.0 Å². The average molecular weight is 486 g/mol. The van der Waals surface area contributed by atoms with E-state index in [1.807, 2.05) is 42.5 Å². The summed E-state index contributed by atoms with van der Waals surface area (Å²) >= 11 is 4.31. The highest BCUT2D eigenvalue weighted by atomic mass is 79.9. The Morgan fingerprint density at radius 2 is 1.63 bits per heavy atom. The summed E-state index contributed by atoms with van der Waals surface area (Å²) in [6, 6.07) is 17.5. The zero-order valence-corrected chi connectivity index (χ0v) is 18.6. The van der Waals surface area contributed by atoms with Crippen LogP contribution in [-0.4, -0.2) is 59.6 Å². The zero-order valence-electron chi connectivity index (χ0n) is 16.2. The van der Waals surface area contributed by atoms with Crippen molar-refractivity contribution in [3.8, 4) is 0 Å². The number of halogens is 1. The first-order valence-electron chi connectivity index (χ1n) is 9.60. The van der Waals surface area contributed by atoms with Gasteiger partial charge in [0, 0.05) is 36.3 Å². The summed E-state index contributed by atoms with van der Waals surface area (Å²) in [7, 11) is 0. The van der Waals surface area contributed by atoms with Crippen LogP contribution in [0.4, 0.5) is 10.5 Å². The number of benzene rings is 2. The molecule has 0 saturated carbocycles. The number of para-hydroxylation sites is 1. The monoisotopic (exact) mass is 485 g/mol. The third-order valence-electron chi connectivity index (χ3n) is 5.11. The van der Waals surface area contributed by atoms with E-state index in [2.05, 4.69) is 33.0 Å². The molecule has 2 saturated heterocycles. The van der Waals surface area contributed by atoms with Gasteiger partial charge in [0.2, 0.25) is 5.91 Å². The Morgan fingerprint density at radius 3 is 2.33 bits per heavy atom. The van der Waals surface area contributed by atoms with Crippen molar-refractivity contribution in [3.05, 3.63) is 69.5 Å². The Labute approximate surface area is 187 Å². The Bertz CT molecular complexity index is 1000. The third kappa shape index (κ3) is 4.44. The molecule has 6 nitrogen and oxygen atoms in total. The normalized spacial score (nSPS) is 18.4. The van der Waals surface area contributed by atoms with Crippen LogP contribution in [0.5, 0.6) is 0 Å². The number of thioether (sulfide) groups is 1. The van der Waals surface area contributed by atoms with Gasteiger partial charge in [-0.05, 0) is 41.6 Å². The largest absolute Gasteiger partial charge is 0.368 e. The summed E-state index contributed by atoms with van der Waals surface area (Å²) in [6.07, 6.45) is 1.68. The molecular weight excluding hydrogens is 466 g/mol. The minimum absolute atomic E-state index is 0.202. The van der Waals surface area contributed by atoms with E-state index in [-0.39, 0.29) is 12.5 Å². The molecule has 0 aliphatic carbocycles. The fourth-order valence-electron chi connectivity index (χ4n) is 3.46. The number of carbonyl (C=O) groups excluding carboxylic acids is 3. The Balaban J connectivity index is 1.37. The highest BCUT2D eigenvalue weighted by molar-refractivity contribution is 9.10. The van der Waals surface area contributed by atoms with E-state index in [1.54, 1.807) is 11.0 Å². The second-order valence-electron chi connectivity index (χ2n) is 6.99. The van der Waals surface area contributed by atoms with Gasteiger partial charge in [-0.1, -0.05) is 52.3 Å². The number of hydrogen-bond donors (Lipinski definition) is 0. The van der Waals surface area contributed by atoms with E-state index in [1.165, 1.54) is 0 Å². The molecule has 0 aromatic heterocycles. The number of amides is 3. The van der Waals surface area contributed by atoms with Crippen LogP contribution < -0.4 is 4.90 Å². The molecule has 0 bridgehead atoms. The van der Waals surface area contributed by atoms with Gasteiger partial charge in [0.1, 0.15) is 6.54 Å². The lowest BCUT2D eigenvalue weighted by molar-refractivity contribution is -0.136. The molecule has 0 radical (unpaired) electrons. The lowest BCUT2D eigenvalue weighted by Crippen LogP contribution is -2.51. The third-order valence-corrected chi connectivity index (χ3v) is 6.74. The SMILES string of the molecule is O=C(CN1C(=O)SC(=Cc2ccccc2Br)C1=O)N1CCN(c2ccccc2)CC1. The molecule has 0 N–H and O–H groups in total. The Kier molecular flexibility index (Phi) is 6.24. The van der Waals surface area contributed by atoms with Crippen LogP contribution in [-0.2, 0) is 9.59 Å². The number of anilines is 1. The summed E-state index contributed by atoms with van der Waals surface area (Å²) in [6.45, 7) is 2.36. The lowest BCUT2D eigenvalue weighted by atomic mass is 10.2. The van der Waals surface area contributed by atoms with Crippen molar-refractivity contribution in [2.24, 2.45) is 0 Å². The number of hydrogen-bond acceptors (Lipinski definition) is 5. The molecule has 2 aromatic carbocycles. The van der Waals surface area contributed by atoms with Gasteiger partial charge in [-0.15, -0.1) is 0 Å². The van der Waals surface area contributed by atoms with Crippen LogP contribution in [0.2, 0.25) is 0 Å². The molecule has 2 aliphatic rings. The number of nitrogens with zero attached hydrogens (tertiary/aromatic N) is 3. The first-order chi connectivity index (χ1) is 14.5. The van der Waals surface area contributed by atoms with E-state index >= 15 is 0 Å². The Morgan fingerprint density at radius 1 is 0.967 bits per heavy atom. The van der Waals surface area contributed by atoms with Gasteiger partial charge in [0.15, 0.2) is 0 Å². The molecule has 0 spiro atoms. The maximum Gasteiger partial charge on any atom is 0.294 e. The maximum atomic E-state index is 12.7. The number of carbonyl (C=O) groups is 3. The van der Waals surface area contributed by atoms with Gasteiger partial charge < -0.3 is 9.80 Å². The molecule has 4 rings (SSSR count). The van der Waals surface area contributed by atoms with Crippen molar-refractivity contribution in [1.29, 1.82) is 0 Å². The van der Waals surface area contributed by atoms with Crippen molar-refractivity contribution in [1.82, 2.24) is 9.80 Å². The van der Waals surface area contributed by atoms with E-state index in [0.29, 0.717) is 18.0 Å². The number of imide groups is 1. The standard InChI is InChI=1S/C22H20BrN3O3S/c23-18-9-5-4-6-16(18)14-19-21(28)26(22(29)30-19)15-20(27)25-12-10-24(11-13-25)17-7-2-1-3-8-17/h1-9,14H,10-13,15H2. The maximum absolute atomic E-state index is 12.7. The van der Waals surface area contributed by atoms with Gasteiger partial charge in [-0.3, -0.25) is 19.3 Å². The van der Waals surface area contributed by atoms with Crippen molar-refractivity contribution in [2.75, 3.05) is 37.6 Å². The summed E-state index contributed by atoms with van der Waals surface area (Å²) in [5.74, 6) is -0.621. The smallest absolute Gasteiger partial charge is 0.294 e. The van der Waals surface area contributed by atoms with Gasteiger partial charge in [-0.25, -0.2) is 0 Å². The first-order valence-corrected chi connectivity index (χ1v) is 11.2. The van der Waals surface area contributed by atoms with Gasteiger partial charge in [-0.2, -0.15) is 0 Å². The molecule has 0 unspecified atom stereocenters. The van der Waals surface area contributed by atoms with Crippen LogP contribution in [0.1, 0.15) is 5.56 Å². The number of piperazine rings is 1. The van der Waals surface area contributed by atoms with Crippen molar-refractivity contribution < 1.29 is 14.4 Å². The van der Waals surface area contributed by atoms with Crippen LogP contribution in [0.25, 0.3) is 6.08 Å².